The molecular formula is C10H5ClF3NO. The highest BCUT2D eigenvalue weighted by Gasteiger charge is 2.37. The number of carbonyl (C=O) groups is 1. The molecule has 0 heterocycles. The molecule has 0 radical (unpaired) electrons. The largest absolute Gasteiger partial charge is 0.417 e. The average Bonchev–Trinajstić information content (AvgIpc) is 2.14. The van der Waals surface area contributed by atoms with Gasteiger partial charge in [0.2, 0.25) is 0 Å². The average molecular weight is 248 g/mol. The fourth-order valence-electron chi connectivity index (χ4n) is 1.36. The van der Waals surface area contributed by atoms with Crippen molar-refractivity contribution in [2.24, 2.45) is 0 Å². The number of alkyl halides is 3. The molecule has 1 aromatic carbocycles. The second kappa shape index (κ2) is 4.14. The number of carbonyl (C=O) groups excluding carboxylic acids is 1. The lowest BCUT2D eigenvalue weighted by atomic mass is 9.97. The van der Waals surface area contributed by atoms with Gasteiger partial charge in [-0.05, 0) is 36.2 Å². The summed E-state index contributed by atoms with van der Waals surface area (Å²) in [5.41, 5.74) is -2.20. The Morgan fingerprint density at radius 3 is 2.38 bits per heavy atom. The Morgan fingerprint density at radius 1 is 1.44 bits per heavy atom. The minimum absolute atomic E-state index is 0.131. The predicted molar refractivity (Wildman–Crippen MR) is 51.1 cm³/mol. The second-order valence-corrected chi connectivity index (χ2v) is 3.39. The van der Waals surface area contributed by atoms with Crippen LogP contribution in [0.4, 0.5) is 13.2 Å². The molecule has 0 saturated heterocycles. The van der Waals surface area contributed by atoms with Crippen molar-refractivity contribution in [3.8, 4) is 6.07 Å². The lowest BCUT2D eigenvalue weighted by Gasteiger charge is -2.14. The molecule has 0 spiro atoms. The van der Waals surface area contributed by atoms with Gasteiger partial charge in [0.15, 0.2) is 0 Å². The van der Waals surface area contributed by atoms with Crippen LogP contribution in [0.1, 0.15) is 27.0 Å². The molecule has 0 aliphatic carbocycles. The van der Waals surface area contributed by atoms with E-state index in [2.05, 4.69) is 0 Å². The van der Waals surface area contributed by atoms with E-state index in [1.165, 1.54) is 0 Å². The number of hydrogen-bond acceptors (Lipinski definition) is 2. The highest BCUT2D eigenvalue weighted by Crippen LogP contribution is 2.36. The zero-order chi connectivity index (χ0) is 12.5. The summed E-state index contributed by atoms with van der Waals surface area (Å²) in [6, 6.07) is 3.67. The highest BCUT2D eigenvalue weighted by molar-refractivity contribution is 6.68. The van der Waals surface area contributed by atoms with Gasteiger partial charge < -0.3 is 0 Å². The van der Waals surface area contributed by atoms with Crippen molar-refractivity contribution in [3.05, 3.63) is 34.4 Å². The van der Waals surface area contributed by atoms with Crippen molar-refractivity contribution >= 4 is 16.8 Å². The van der Waals surface area contributed by atoms with Gasteiger partial charge in [0.25, 0.3) is 5.24 Å². The first-order valence-electron chi connectivity index (χ1n) is 4.09. The molecule has 0 aliphatic heterocycles. The van der Waals surface area contributed by atoms with Crippen LogP contribution in [-0.4, -0.2) is 5.24 Å². The maximum absolute atomic E-state index is 12.7. The minimum atomic E-state index is -4.71. The summed E-state index contributed by atoms with van der Waals surface area (Å²) >= 11 is 5.06. The summed E-state index contributed by atoms with van der Waals surface area (Å²) in [5.74, 6) is 0. The Balaban J connectivity index is 3.64. The first-order chi connectivity index (χ1) is 7.29. The number of nitrogens with zero attached hydrogens (tertiary/aromatic N) is 1. The Morgan fingerprint density at radius 2 is 2.00 bits per heavy atom. The SMILES string of the molecule is Cc1c(C#N)ccc(C(=O)Cl)c1C(F)(F)F. The lowest BCUT2D eigenvalue weighted by Crippen LogP contribution is -2.14. The van der Waals surface area contributed by atoms with E-state index in [4.69, 9.17) is 16.9 Å². The maximum atomic E-state index is 12.7. The van der Waals surface area contributed by atoms with Crippen LogP contribution in [0.25, 0.3) is 0 Å². The van der Waals surface area contributed by atoms with Gasteiger partial charge in [-0.3, -0.25) is 4.79 Å². The van der Waals surface area contributed by atoms with E-state index in [0.29, 0.717) is 0 Å². The van der Waals surface area contributed by atoms with Crippen LogP contribution >= 0.6 is 11.6 Å². The third-order valence-electron chi connectivity index (χ3n) is 2.08. The Labute approximate surface area is 94.2 Å². The molecule has 16 heavy (non-hydrogen) atoms. The number of nitriles is 1. The summed E-state index contributed by atoms with van der Waals surface area (Å²) < 4.78 is 38.0. The minimum Gasteiger partial charge on any atom is -0.276 e. The zero-order valence-corrected chi connectivity index (χ0v) is 8.78. The monoisotopic (exact) mass is 247 g/mol. The number of hydrogen-bond donors (Lipinski definition) is 0. The molecule has 1 aromatic rings. The molecule has 6 heteroatoms. The van der Waals surface area contributed by atoms with Crippen LogP contribution in [0.15, 0.2) is 12.1 Å². The van der Waals surface area contributed by atoms with Gasteiger partial charge in [-0.15, -0.1) is 0 Å². The van der Waals surface area contributed by atoms with E-state index >= 15 is 0 Å². The van der Waals surface area contributed by atoms with Crippen molar-refractivity contribution in [2.45, 2.75) is 13.1 Å². The molecule has 84 valence electrons. The van der Waals surface area contributed by atoms with E-state index in [1.54, 1.807) is 6.07 Å². The lowest BCUT2D eigenvalue weighted by molar-refractivity contribution is -0.138. The topological polar surface area (TPSA) is 40.9 Å². The predicted octanol–water partition coefficient (Wildman–Crippen LogP) is 3.26. The van der Waals surface area contributed by atoms with E-state index in [0.717, 1.165) is 19.1 Å². The molecule has 0 unspecified atom stereocenters. The van der Waals surface area contributed by atoms with Gasteiger partial charge in [-0.25, -0.2) is 0 Å². The first-order valence-corrected chi connectivity index (χ1v) is 4.47. The molecule has 0 amide bonds. The van der Waals surface area contributed by atoms with E-state index in [1.807, 2.05) is 0 Å². The molecule has 0 bridgehead atoms. The standard InChI is InChI=1S/C10H5ClF3NO/c1-5-6(4-15)2-3-7(9(11)16)8(5)10(12,13)14/h2-3H,1H3. The Bertz CT molecular complexity index is 488. The van der Waals surface area contributed by atoms with Gasteiger partial charge >= 0.3 is 6.18 Å². The molecule has 0 aromatic heterocycles. The summed E-state index contributed by atoms with van der Waals surface area (Å²) in [4.78, 5) is 10.8. The van der Waals surface area contributed by atoms with Crippen molar-refractivity contribution in [1.82, 2.24) is 0 Å². The van der Waals surface area contributed by atoms with E-state index < -0.39 is 22.5 Å². The summed E-state index contributed by atoms with van der Waals surface area (Å²) in [5, 5.41) is 7.41. The second-order valence-electron chi connectivity index (χ2n) is 3.04. The smallest absolute Gasteiger partial charge is 0.276 e. The molecule has 0 aliphatic rings. The summed E-state index contributed by atoms with van der Waals surface area (Å²) in [7, 11) is 0. The number of benzene rings is 1. The van der Waals surface area contributed by atoms with Crippen LogP contribution in [0, 0.1) is 18.3 Å². The van der Waals surface area contributed by atoms with Gasteiger partial charge in [0.1, 0.15) is 0 Å². The Hall–Kier alpha value is -1.54. The van der Waals surface area contributed by atoms with Crippen LogP contribution in [0.3, 0.4) is 0 Å². The normalized spacial score (nSPS) is 11.0. The quantitative estimate of drug-likeness (QED) is 0.715. The molecular weight excluding hydrogens is 243 g/mol. The van der Waals surface area contributed by atoms with Gasteiger partial charge in [0.05, 0.1) is 17.2 Å². The van der Waals surface area contributed by atoms with E-state index in [-0.39, 0.29) is 11.1 Å². The summed E-state index contributed by atoms with van der Waals surface area (Å²) in [6.07, 6.45) is -4.71. The van der Waals surface area contributed by atoms with Crippen molar-refractivity contribution < 1.29 is 18.0 Å². The van der Waals surface area contributed by atoms with Crippen LogP contribution in [-0.2, 0) is 6.18 Å². The molecule has 0 fully saturated rings. The van der Waals surface area contributed by atoms with Gasteiger partial charge in [-0.1, -0.05) is 0 Å². The molecule has 0 saturated carbocycles. The van der Waals surface area contributed by atoms with Crippen molar-refractivity contribution in [2.75, 3.05) is 0 Å². The van der Waals surface area contributed by atoms with Crippen LogP contribution in [0.2, 0.25) is 0 Å². The van der Waals surface area contributed by atoms with Gasteiger partial charge in [-0.2, -0.15) is 18.4 Å². The molecule has 0 N–H and O–H groups in total. The third-order valence-corrected chi connectivity index (χ3v) is 2.28. The van der Waals surface area contributed by atoms with Crippen LogP contribution < -0.4 is 0 Å². The fourth-order valence-corrected chi connectivity index (χ4v) is 1.52. The molecule has 1 rings (SSSR count). The Kier molecular flexibility index (Phi) is 3.24. The third kappa shape index (κ3) is 2.17. The van der Waals surface area contributed by atoms with Crippen LogP contribution in [0.5, 0.6) is 0 Å². The van der Waals surface area contributed by atoms with E-state index in [9.17, 15) is 18.0 Å². The highest BCUT2D eigenvalue weighted by atomic mass is 35.5. The van der Waals surface area contributed by atoms with Gasteiger partial charge in [0, 0.05) is 5.56 Å². The fraction of sp³-hybridized carbons (Fsp3) is 0.200. The maximum Gasteiger partial charge on any atom is 0.417 e. The molecule has 0 atom stereocenters. The number of halogens is 4. The first kappa shape index (κ1) is 12.5. The summed E-state index contributed by atoms with van der Waals surface area (Å²) in [6.45, 7) is 1.13. The zero-order valence-electron chi connectivity index (χ0n) is 8.02. The molecule has 2 nitrogen and oxygen atoms in total. The number of rotatable bonds is 1. The van der Waals surface area contributed by atoms with Crippen molar-refractivity contribution in [3.63, 3.8) is 0 Å². The van der Waals surface area contributed by atoms with Crippen molar-refractivity contribution in [1.29, 1.82) is 5.26 Å².